The van der Waals surface area contributed by atoms with Crippen LogP contribution in [-0.4, -0.2) is 45.1 Å². The molecule has 0 radical (unpaired) electrons. The quantitative estimate of drug-likeness (QED) is 0.325. The van der Waals surface area contributed by atoms with E-state index in [9.17, 15) is 14.7 Å². The van der Waals surface area contributed by atoms with Gasteiger partial charge in [0.25, 0.3) is 0 Å². The number of para-hydroxylation sites is 1. The second-order valence-corrected chi connectivity index (χ2v) is 10.4. The summed E-state index contributed by atoms with van der Waals surface area (Å²) in [6.45, 7) is 3.85. The summed E-state index contributed by atoms with van der Waals surface area (Å²) in [6, 6.07) is 17.0. The minimum absolute atomic E-state index is 0.0339. The van der Waals surface area contributed by atoms with Crippen LogP contribution in [0.25, 0.3) is 11.0 Å². The minimum atomic E-state index is -1.04. The van der Waals surface area contributed by atoms with Crippen molar-refractivity contribution in [3.8, 4) is 11.5 Å². The molecule has 9 nitrogen and oxygen atoms in total. The molecule has 1 heterocycles. The third-order valence-electron chi connectivity index (χ3n) is 7.72. The predicted octanol–water partition coefficient (Wildman–Crippen LogP) is 4.99. The first kappa shape index (κ1) is 27.2. The van der Waals surface area contributed by atoms with Crippen molar-refractivity contribution in [2.75, 3.05) is 12.0 Å². The smallest absolute Gasteiger partial charge is 0.249 e. The Morgan fingerprint density at radius 2 is 1.82 bits per heavy atom. The minimum Gasteiger partial charge on any atom is -0.504 e. The number of phenolic OH excluding ortho intramolecular Hbond substituents is 1. The van der Waals surface area contributed by atoms with Crippen LogP contribution in [0.3, 0.4) is 0 Å². The Labute approximate surface area is 233 Å². The van der Waals surface area contributed by atoms with Crippen LogP contribution in [0.15, 0.2) is 60.7 Å². The number of aromatic hydroxyl groups is 1. The van der Waals surface area contributed by atoms with Crippen molar-refractivity contribution in [2.45, 2.75) is 64.6 Å². The van der Waals surface area contributed by atoms with Crippen LogP contribution >= 0.6 is 0 Å². The Hall–Kier alpha value is -4.40. The average Bonchev–Trinajstić information content (AvgIpc) is 3.36. The predicted molar refractivity (Wildman–Crippen MR) is 153 cm³/mol. The summed E-state index contributed by atoms with van der Waals surface area (Å²) in [5, 5.41) is 22.3. The lowest BCUT2D eigenvalue weighted by Crippen LogP contribution is -2.48. The van der Waals surface area contributed by atoms with Crippen molar-refractivity contribution < 1.29 is 19.4 Å². The number of ether oxygens (including phenoxy) is 1. The fraction of sp³-hybridized carbons (Fsp3) is 0.355. The first-order chi connectivity index (χ1) is 19.4. The largest absolute Gasteiger partial charge is 0.504 e. The SMILES string of the molecule is COc1ccc([C@@H](C(=O)NC2CCCCC2)N(C(=O)Cn2nnc3ccccc32)c2ccc(C)c(C)c2)cc1O. The summed E-state index contributed by atoms with van der Waals surface area (Å²) in [4.78, 5) is 29.9. The zero-order valence-electron chi connectivity index (χ0n) is 23.1. The molecular formula is C31H35N5O4. The van der Waals surface area contributed by atoms with Gasteiger partial charge in [-0.3, -0.25) is 14.5 Å². The lowest BCUT2D eigenvalue weighted by Gasteiger charge is -2.34. The highest BCUT2D eigenvalue weighted by molar-refractivity contribution is 6.01. The molecule has 1 aromatic heterocycles. The molecule has 0 saturated heterocycles. The molecule has 1 aliphatic carbocycles. The number of anilines is 1. The van der Waals surface area contributed by atoms with Gasteiger partial charge in [0.2, 0.25) is 11.8 Å². The molecule has 0 bridgehead atoms. The van der Waals surface area contributed by atoms with Crippen LogP contribution in [0.4, 0.5) is 5.69 Å². The maximum Gasteiger partial charge on any atom is 0.249 e. The number of carbonyl (C=O) groups excluding carboxylic acids is 2. The molecule has 1 fully saturated rings. The number of rotatable bonds is 8. The van der Waals surface area contributed by atoms with Crippen molar-refractivity contribution in [3.63, 3.8) is 0 Å². The summed E-state index contributed by atoms with van der Waals surface area (Å²) in [6.07, 6.45) is 5.06. The van der Waals surface area contributed by atoms with Crippen LogP contribution in [0, 0.1) is 13.8 Å². The summed E-state index contributed by atoms with van der Waals surface area (Å²) in [7, 11) is 1.47. The molecule has 0 spiro atoms. The van der Waals surface area contributed by atoms with Crippen LogP contribution in [0.5, 0.6) is 11.5 Å². The number of aryl methyl sites for hydroxylation is 2. The fourth-order valence-corrected chi connectivity index (χ4v) is 5.37. The van der Waals surface area contributed by atoms with Crippen molar-refractivity contribution in [2.24, 2.45) is 0 Å². The van der Waals surface area contributed by atoms with E-state index in [1.54, 1.807) is 16.8 Å². The number of carbonyl (C=O) groups is 2. The van der Waals surface area contributed by atoms with E-state index in [1.807, 2.05) is 56.3 Å². The van der Waals surface area contributed by atoms with Crippen molar-refractivity contribution in [1.82, 2.24) is 20.3 Å². The molecule has 0 aliphatic heterocycles. The lowest BCUT2D eigenvalue weighted by atomic mass is 9.94. The molecule has 3 aromatic carbocycles. The molecular weight excluding hydrogens is 506 g/mol. The number of phenols is 1. The van der Waals surface area contributed by atoms with Gasteiger partial charge >= 0.3 is 0 Å². The maximum absolute atomic E-state index is 14.2. The van der Waals surface area contributed by atoms with Crippen molar-refractivity contribution in [1.29, 1.82) is 0 Å². The topological polar surface area (TPSA) is 110 Å². The highest BCUT2D eigenvalue weighted by atomic mass is 16.5. The number of nitrogens with one attached hydrogen (secondary N) is 1. The van der Waals surface area contributed by atoms with E-state index in [1.165, 1.54) is 18.1 Å². The number of fused-ring (bicyclic) bond motifs is 1. The van der Waals surface area contributed by atoms with Crippen LogP contribution in [-0.2, 0) is 16.1 Å². The van der Waals surface area contributed by atoms with Gasteiger partial charge in [-0.25, -0.2) is 4.68 Å². The zero-order chi connectivity index (χ0) is 28.2. The molecule has 5 rings (SSSR count). The van der Waals surface area contributed by atoms with Gasteiger partial charge in [0.15, 0.2) is 11.5 Å². The monoisotopic (exact) mass is 541 g/mol. The third kappa shape index (κ3) is 5.64. The van der Waals surface area contributed by atoms with E-state index in [0.717, 1.165) is 48.7 Å². The van der Waals surface area contributed by atoms with Crippen molar-refractivity contribution in [3.05, 3.63) is 77.4 Å². The normalized spacial score (nSPS) is 14.6. The Balaban J connectivity index is 1.60. The number of benzene rings is 3. The van der Waals surface area contributed by atoms with Gasteiger partial charge in [0, 0.05) is 11.7 Å². The van der Waals surface area contributed by atoms with E-state index in [4.69, 9.17) is 4.74 Å². The number of amides is 2. The van der Waals surface area contributed by atoms with E-state index in [-0.39, 0.29) is 35.9 Å². The molecule has 4 aromatic rings. The summed E-state index contributed by atoms with van der Waals surface area (Å²) < 4.78 is 6.79. The Morgan fingerprint density at radius 1 is 1.05 bits per heavy atom. The molecule has 1 saturated carbocycles. The number of hydrogen-bond donors (Lipinski definition) is 2. The summed E-state index contributed by atoms with van der Waals surface area (Å²) >= 11 is 0. The molecule has 1 aliphatic rings. The van der Waals surface area contributed by atoms with Gasteiger partial charge < -0.3 is 15.2 Å². The Bertz CT molecular complexity index is 1530. The van der Waals surface area contributed by atoms with E-state index in [0.29, 0.717) is 16.8 Å². The molecule has 2 N–H and O–H groups in total. The highest BCUT2D eigenvalue weighted by Gasteiger charge is 2.35. The second-order valence-electron chi connectivity index (χ2n) is 10.4. The first-order valence-electron chi connectivity index (χ1n) is 13.7. The average molecular weight is 542 g/mol. The Morgan fingerprint density at radius 3 is 2.55 bits per heavy atom. The zero-order valence-corrected chi connectivity index (χ0v) is 23.1. The Kier molecular flexibility index (Phi) is 8.00. The van der Waals surface area contributed by atoms with Gasteiger partial charge in [-0.2, -0.15) is 0 Å². The van der Waals surface area contributed by atoms with Gasteiger partial charge in [-0.05, 0) is 79.8 Å². The van der Waals surface area contributed by atoms with E-state index >= 15 is 0 Å². The molecule has 40 heavy (non-hydrogen) atoms. The highest BCUT2D eigenvalue weighted by Crippen LogP contribution is 2.35. The number of hydrogen-bond acceptors (Lipinski definition) is 6. The first-order valence-corrected chi connectivity index (χ1v) is 13.7. The van der Waals surface area contributed by atoms with Gasteiger partial charge in [-0.1, -0.05) is 48.7 Å². The fourth-order valence-electron chi connectivity index (χ4n) is 5.37. The molecule has 2 amide bonds. The maximum atomic E-state index is 14.2. The summed E-state index contributed by atoms with van der Waals surface area (Å²) in [5.74, 6) is -0.456. The molecule has 0 unspecified atom stereocenters. The number of methoxy groups -OCH3 is 1. The lowest BCUT2D eigenvalue weighted by molar-refractivity contribution is -0.127. The van der Waals surface area contributed by atoms with Crippen LogP contribution in [0.1, 0.15) is 54.8 Å². The van der Waals surface area contributed by atoms with Gasteiger partial charge in [0.05, 0.1) is 12.6 Å². The standard InChI is InChI=1S/C31H35N5O4/c1-20-13-15-24(17-21(20)2)36(29(38)19-35-26-12-8-7-11-25(26)33-34-35)30(22-14-16-28(40-3)27(37)18-22)31(39)32-23-9-5-4-6-10-23/h7-8,11-18,23,30,37H,4-6,9-10,19H2,1-3H3,(H,32,39)/t30-/m0/s1. The van der Waals surface area contributed by atoms with E-state index < -0.39 is 6.04 Å². The van der Waals surface area contributed by atoms with Crippen LogP contribution < -0.4 is 15.0 Å². The van der Waals surface area contributed by atoms with Crippen molar-refractivity contribution >= 4 is 28.5 Å². The number of aromatic nitrogens is 3. The van der Waals surface area contributed by atoms with Crippen LogP contribution in [0.2, 0.25) is 0 Å². The molecule has 9 heteroatoms. The second kappa shape index (κ2) is 11.8. The van der Waals surface area contributed by atoms with Gasteiger partial charge in [0.1, 0.15) is 18.1 Å². The molecule has 208 valence electrons. The van der Waals surface area contributed by atoms with Gasteiger partial charge in [-0.15, -0.1) is 5.10 Å². The molecule has 1 atom stereocenters. The third-order valence-corrected chi connectivity index (χ3v) is 7.72. The number of nitrogens with zero attached hydrogens (tertiary/aromatic N) is 4. The summed E-state index contributed by atoms with van der Waals surface area (Å²) in [5.41, 5.74) is 4.52. The van der Waals surface area contributed by atoms with E-state index in [2.05, 4.69) is 15.6 Å².